The monoisotopic (exact) mass is 315 g/mol. The number of nitrogens with two attached hydrogens (primary N) is 1. The van der Waals surface area contributed by atoms with Crippen molar-refractivity contribution in [3.63, 3.8) is 0 Å². The summed E-state index contributed by atoms with van der Waals surface area (Å²) in [7, 11) is 0. The van der Waals surface area contributed by atoms with Crippen LogP contribution in [0.1, 0.15) is 20.1 Å². The van der Waals surface area contributed by atoms with Gasteiger partial charge >= 0.3 is 5.69 Å². The molecule has 7 nitrogen and oxygen atoms in total. The summed E-state index contributed by atoms with van der Waals surface area (Å²) < 4.78 is 34.3. The van der Waals surface area contributed by atoms with Crippen molar-refractivity contribution in [3.8, 4) is 11.8 Å². The fourth-order valence-electron chi connectivity index (χ4n) is 2.31. The number of anilines is 1. The smallest absolute Gasteiger partial charge is 0.351 e. The number of hydrogen-bond donors (Lipinski definition) is 3. The molecule has 0 aromatic carbocycles. The van der Waals surface area contributed by atoms with Crippen molar-refractivity contribution in [1.82, 2.24) is 9.55 Å². The summed E-state index contributed by atoms with van der Waals surface area (Å²) in [6.07, 6.45) is -5.57. The molecule has 0 spiro atoms. The number of aromatic nitrogens is 2. The molecule has 2 heterocycles. The third-order valence-corrected chi connectivity index (χ3v) is 3.37. The van der Waals surface area contributed by atoms with Crippen LogP contribution in [0, 0.1) is 17.7 Å². The van der Waals surface area contributed by atoms with Crippen LogP contribution in [0.25, 0.3) is 0 Å². The van der Waals surface area contributed by atoms with E-state index in [9.17, 15) is 19.4 Å². The third kappa shape index (κ3) is 2.45. The summed E-state index contributed by atoms with van der Waals surface area (Å²) in [5.74, 6) is 2.71. The normalized spacial score (nSPS) is 32.4. The van der Waals surface area contributed by atoms with Crippen molar-refractivity contribution >= 4 is 5.82 Å². The van der Waals surface area contributed by atoms with Crippen molar-refractivity contribution in [2.24, 2.45) is 0 Å². The fraction of sp³-hybridized carbons (Fsp3) is 0.538. The lowest BCUT2D eigenvalue weighted by Gasteiger charge is -2.24. The zero-order chi connectivity index (χ0) is 16.7. The number of ether oxygens (including phenoxy) is 1. The van der Waals surface area contributed by atoms with E-state index in [2.05, 4.69) is 16.8 Å². The molecular weight excluding hydrogens is 300 g/mol. The van der Waals surface area contributed by atoms with Crippen LogP contribution in [0.3, 0.4) is 0 Å². The average Bonchev–Trinajstić information content (AvgIpc) is 2.68. The lowest BCUT2D eigenvalue weighted by atomic mass is 9.94. The van der Waals surface area contributed by atoms with Gasteiger partial charge in [-0.15, -0.1) is 5.92 Å². The van der Waals surface area contributed by atoms with E-state index in [0.717, 1.165) is 0 Å². The van der Waals surface area contributed by atoms with Gasteiger partial charge in [-0.2, -0.15) is 4.98 Å². The van der Waals surface area contributed by atoms with Crippen molar-refractivity contribution in [3.05, 3.63) is 22.5 Å². The number of aliphatic hydroxyl groups excluding tert-OH is 2. The first kappa shape index (κ1) is 16.4. The Morgan fingerprint density at radius 1 is 1.64 bits per heavy atom. The molecule has 0 amide bonds. The molecule has 5 atom stereocenters. The number of nitrogens with zero attached hydrogens (tertiary/aromatic N) is 2. The van der Waals surface area contributed by atoms with Crippen LogP contribution in [0.4, 0.5) is 14.6 Å². The van der Waals surface area contributed by atoms with Gasteiger partial charge in [0.2, 0.25) is 5.67 Å². The third-order valence-electron chi connectivity index (χ3n) is 3.37. The minimum Gasteiger partial charge on any atom is -0.391 e. The summed E-state index contributed by atoms with van der Waals surface area (Å²) in [4.78, 5) is 15.0. The van der Waals surface area contributed by atoms with Crippen molar-refractivity contribution in [2.45, 2.75) is 44.1 Å². The van der Waals surface area contributed by atoms with Gasteiger partial charge in [0.25, 0.3) is 0 Å². The first-order valence-corrected chi connectivity index (χ1v) is 6.41. The van der Waals surface area contributed by atoms with Gasteiger partial charge in [-0.1, -0.05) is 5.92 Å². The predicted molar refractivity (Wildman–Crippen MR) is 71.8 cm³/mol. The molecule has 9 heteroatoms. The van der Waals surface area contributed by atoms with Crippen LogP contribution in [0.15, 0.2) is 11.0 Å². The van der Waals surface area contributed by atoms with E-state index in [1.807, 2.05) is 0 Å². The summed E-state index contributed by atoms with van der Waals surface area (Å²) in [5, 5.41) is 19.6. The summed E-state index contributed by atoms with van der Waals surface area (Å²) in [6.45, 7) is 2.60. The SMILES string of the molecule is CC#CC1(F)[C@@H](O)[C@@H]([C@H](C)O)O[C@H]1n1cc(F)c(N)nc1=O. The van der Waals surface area contributed by atoms with E-state index >= 15 is 4.39 Å². The Labute approximate surface area is 124 Å². The van der Waals surface area contributed by atoms with Crippen molar-refractivity contribution < 1.29 is 23.7 Å². The average molecular weight is 315 g/mol. The maximum absolute atomic E-state index is 15.1. The molecule has 1 aromatic rings. The number of rotatable bonds is 2. The van der Waals surface area contributed by atoms with Gasteiger partial charge in [0, 0.05) is 0 Å². The first-order valence-electron chi connectivity index (χ1n) is 6.41. The number of alkyl halides is 1. The number of halogens is 2. The molecule has 4 N–H and O–H groups in total. The predicted octanol–water partition coefficient (Wildman–Crippen LogP) is -0.665. The highest BCUT2D eigenvalue weighted by Gasteiger charge is 2.59. The standard InChI is InChI=1S/C13H15F2N3O4/c1-3-4-13(15)9(20)8(6(2)19)22-11(13)18-5-7(14)10(16)17-12(18)21/h5-6,8-9,11,19-20H,1-2H3,(H2,16,17,21)/t6-,8+,9-,11+,13?/m0/s1. The molecule has 1 aliphatic rings. The van der Waals surface area contributed by atoms with Gasteiger partial charge in [0.15, 0.2) is 17.9 Å². The lowest BCUT2D eigenvalue weighted by Crippen LogP contribution is -2.45. The Hall–Kier alpha value is -2.02. The Balaban J connectivity index is 2.59. The summed E-state index contributed by atoms with van der Waals surface area (Å²) in [5.41, 5.74) is 1.38. The maximum atomic E-state index is 15.1. The largest absolute Gasteiger partial charge is 0.391 e. The van der Waals surface area contributed by atoms with Gasteiger partial charge in [0.1, 0.15) is 12.2 Å². The van der Waals surface area contributed by atoms with Gasteiger partial charge in [0.05, 0.1) is 12.3 Å². The molecule has 22 heavy (non-hydrogen) atoms. The van der Waals surface area contributed by atoms with Crippen LogP contribution in [0.5, 0.6) is 0 Å². The second-order valence-corrected chi connectivity index (χ2v) is 4.95. The van der Waals surface area contributed by atoms with E-state index in [1.54, 1.807) is 0 Å². The van der Waals surface area contributed by atoms with Gasteiger partial charge < -0.3 is 20.7 Å². The number of aliphatic hydroxyl groups is 2. The van der Waals surface area contributed by atoms with E-state index in [4.69, 9.17) is 10.5 Å². The Morgan fingerprint density at radius 3 is 2.82 bits per heavy atom. The van der Waals surface area contributed by atoms with Crippen LogP contribution in [0.2, 0.25) is 0 Å². The second kappa shape index (κ2) is 5.64. The van der Waals surface area contributed by atoms with Crippen LogP contribution < -0.4 is 11.4 Å². The highest BCUT2D eigenvalue weighted by atomic mass is 19.1. The molecular formula is C13H15F2N3O4. The van der Waals surface area contributed by atoms with Crippen LogP contribution in [-0.4, -0.2) is 43.7 Å². The van der Waals surface area contributed by atoms with Gasteiger partial charge in [-0.05, 0) is 13.8 Å². The Morgan fingerprint density at radius 2 is 2.27 bits per heavy atom. The molecule has 1 aliphatic heterocycles. The van der Waals surface area contributed by atoms with Gasteiger partial charge in [-0.25, -0.2) is 13.6 Å². The molecule has 120 valence electrons. The highest BCUT2D eigenvalue weighted by Crippen LogP contribution is 2.41. The molecule has 1 saturated heterocycles. The van der Waals surface area contributed by atoms with Gasteiger partial charge in [-0.3, -0.25) is 4.57 Å². The van der Waals surface area contributed by atoms with E-state index in [0.29, 0.717) is 10.8 Å². The maximum Gasteiger partial charge on any atom is 0.351 e. The van der Waals surface area contributed by atoms with E-state index in [1.165, 1.54) is 13.8 Å². The highest BCUT2D eigenvalue weighted by molar-refractivity contribution is 5.28. The molecule has 1 unspecified atom stereocenters. The van der Waals surface area contributed by atoms with Crippen LogP contribution in [-0.2, 0) is 4.74 Å². The molecule has 0 saturated carbocycles. The van der Waals surface area contributed by atoms with E-state index < -0.39 is 47.5 Å². The lowest BCUT2D eigenvalue weighted by molar-refractivity contribution is -0.0805. The minimum absolute atomic E-state index is 0.516. The molecule has 0 bridgehead atoms. The molecule has 0 aliphatic carbocycles. The van der Waals surface area contributed by atoms with Crippen LogP contribution >= 0.6 is 0 Å². The fourth-order valence-corrected chi connectivity index (χ4v) is 2.31. The Bertz CT molecular complexity index is 697. The summed E-state index contributed by atoms with van der Waals surface area (Å²) in [6, 6.07) is 0. The minimum atomic E-state index is -2.72. The Kier molecular flexibility index (Phi) is 4.19. The van der Waals surface area contributed by atoms with Crippen molar-refractivity contribution in [2.75, 3.05) is 5.73 Å². The molecule has 1 fully saturated rings. The number of nitrogen functional groups attached to an aromatic ring is 1. The quantitative estimate of drug-likeness (QED) is 0.625. The zero-order valence-electron chi connectivity index (χ0n) is 11.8. The second-order valence-electron chi connectivity index (χ2n) is 4.95. The number of hydrogen-bond acceptors (Lipinski definition) is 6. The topological polar surface area (TPSA) is 111 Å². The molecule has 1 aromatic heterocycles. The molecule has 0 radical (unpaired) electrons. The van der Waals surface area contributed by atoms with E-state index in [-0.39, 0.29) is 0 Å². The first-order chi connectivity index (χ1) is 10.2. The summed E-state index contributed by atoms with van der Waals surface area (Å²) >= 11 is 0. The zero-order valence-corrected chi connectivity index (χ0v) is 11.8. The molecule has 2 rings (SSSR count). The van der Waals surface area contributed by atoms with Crippen molar-refractivity contribution in [1.29, 1.82) is 0 Å².